The Balaban J connectivity index is 1.48. The van der Waals surface area contributed by atoms with E-state index in [0.717, 1.165) is 50.8 Å². The summed E-state index contributed by atoms with van der Waals surface area (Å²) in [5, 5.41) is 3.95. The van der Waals surface area contributed by atoms with Crippen molar-refractivity contribution in [3.05, 3.63) is 41.5 Å². The zero-order chi connectivity index (χ0) is 14.7. The number of nitrogens with two attached hydrogens (primary N) is 1. The van der Waals surface area contributed by atoms with E-state index in [4.69, 9.17) is 10.3 Å². The molecule has 0 bridgehead atoms. The van der Waals surface area contributed by atoms with Gasteiger partial charge in [0.25, 0.3) is 0 Å². The Hall–Kier alpha value is -1.92. The molecule has 0 amide bonds. The van der Waals surface area contributed by atoms with Crippen LogP contribution in [-0.2, 0) is 13.1 Å². The highest BCUT2D eigenvalue weighted by atomic mass is 16.5. The first-order valence-corrected chi connectivity index (χ1v) is 7.27. The van der Waals surface area contributed by atoms with Crippen molar-refractivity contribution in [3.8, 4) is 0 Å². The molecule has 0 radical (unpaired) electrons. The summed E-state index contributed by atoms with van der Waals surface area (Å²) >= 11 is 0. The van der Waals surface area contributed by atoms with Crippen molar-refractivity contribution >= 4 is 5.69 Å². The minimum atomic E-state index is 0.630. The van der Waals surface area contributed by atoms with Crippen LogP contribution in [0.25, 0.3) is 0 Å². The quantitative estimate of drug-likeness (QED) is 0.854. The van der Waals surface area contributed by atoms with Crippen molar-refractivity contribution in [1.29, 1.82) is 0 Å². The third-order valence-corrected chi connectivity index (χ3v) is 3.76. The summed E-state index contributed by atoms with van der Waals surface area (Å²) in [6.07, 6.45) is 0. The second-order valence-electron chi connectivity index (χ2n) is 5.53. The van der Waals surface area contributed by atoms with Crippen LogP contribution in [-0.4, -0.2) is 46.1 Å². The van der Waals surface area contributed by atoms with Crippen LogP contribution in [0.3, 0.4) is 0 Å². The van der Waals surface area contributed by atoms with Crippen molar-refractivity contribution in [1.82, 2.24) is 19.9 Å². The highest BCUT2D eigenvalue weighted by Gasteiger charge is 2.18. The van der Waals surface area contributed by atoms with E-state index in [9.17, 15) is 0 Å². The Bertz CT molecular complexity index is 589. The van der Waals surface area contributed by atoms with Crippen LogP contribution in [0, 0.1) is 6.92 Å². The molecule has 1 saturated heterocycles. The normalized spacial score (nSPS) is 17.2. The molecule has 2 aromatic rings. The summed E-state index contributed by atoms with van der Waals surface area (Å²) in [5.74, 6) is 1.40. The minimum Gasteiger partial charge on any atom is -0.399 e. The van der Waals surface area contributed by atoms with Crippen molar-refractivity contribution in [2.75, 3.05) is 31.9 Å². The van der Waals surface area contributed by atoms with Gasteiger partial charge in [0.2, 0.25) is 5.89 Å². The molecule has 2 N–H and O–H groups in total. The number of nitrogens with zero attached hydrogens (tertiary/aromatic N) is 4. The van der Waals surface area contributed by atoms with Crippen LogP contribution in [0.5, 0.6) is 0 Å². The molecule has 112 valence electrons. The smallest absolute Gasteiger partial charge is 0.223 e. The average molecular weight is 287 g/mol. The van der Waals surface area contributed by atoms with E-state index in [1.165, 1.54) is 5.56 Å². The molecule has 6 heteroatoms. The van der Waals surface area contributed by atoms with E-state index in [1.54, 1.807) is 0 Å². The fraction of sp³-hybridized carbons (Fsp3) is 0.467. The average Bonchev–Trinajstić information content (AvgIpc) is 2.86. The molecular formula is C15H21N5O. The summed E-state index contributed by atoms with van der Waals surface area (Å²) in [5.41, 5.74) is 7.93. The Morgan fingerprint density at radius 3 is 2.48 bits per heavy atom. The van der Waals surface area contributed by atoms with Gasteiger partial charge in [0, 0.05) is 45.3 Å². The van der Waals surface area contributed by atoms with Gasteiger partial charge in [-0.25, -0.2) is 0 Å². The predicted molar refractivity (Wildman–Crippen MR) is 80.4 cm³/mol. The molecule has 1 aromatic heterocycles. The first-order valence-electron chi connectivity index (χ1n) is 7.27. The molecule has 3 rings (SSSR count). The maximum Gasteiger partial charge on any atom is 0.223 e. The largest absolute Gasteiger partial charge is 0.399 e. The van der Waals surface area contributed by atoms with Crippen LogP contribution in [0.1, 0.15) is 17.3 Å². The minimum absolute atomic E-state index is 0.630. The summed E-state index contributed by atoms with van der Waals surface area (Å²) in [6, 6.07) is 8.12. The van der Waals surface area contributed by atoms with Gasteiger partial charge in [-0.05, 0) is 17.7 Å². The number of benzene rings is 1. The topological polar surface area (TPSA) is 71.4 Å². The van der Waals surface area contributed by atoms with E-state index in [0.29, 0.717) is 5.89 Å². The second-order valence-corrected chi connectivity index (χ2v) is 5.53. The van der Waals surface area contributed by atoms with Crippen LogP contribution in [0.15, 0.2) is 28.8 Å². The molecule has 1 fully saturated rings. The van der Waals surface area contributed by atoms with Gasteiger partial charge in [-0.2, -0.15) is 4.98 Å². The third-order valence-electron chi connectivity index (χ3n) is 3.76. The number of hydrogen-bond acceptors (Lipinski definition) is 6. The second kappa shape index (κ2) is 6.24. The highest BCUT2D eigenvalue weighted by Crippen LogP contribution is 2.12. The van der Waals surface area contributed by atoms with E-state index in [-0.39, 0.29) is 0 Å². The Kier molecular flexibility index (Phi) is 4.17. The Morgan fingerprint density at radius 1 is 1.14 bits per heavy atom. The number of nitrogen functional groups attached to an aromatic ring is 1. The zero-order valence-corrected chi connectivity index (χ0v) is 12.3. The summed E-state index contributed by atoms with van der Waals surface area (Å²) in [4.78, 5) is 9.07. The molecule has 1 aliphatic rings. The summed E-state index contributed by atoms with van der Waals surface area (Å²) in [7, 11) is 0. The SMILES string of the molecule is Cc1nc(CN2CCN(Cc3cccc(N)c3)CC2)no1. The van der Waals surface area contributed by atoms with Crippen LogP contribution >= 0.6 is 0 Å². The van der Waals surface area contributed by atoms with Crippen molar-refractivity contribution in [2.24, 2.45) is 0 Å². The van der Waals surface area contributed by atoms with Crippen molar-refractivity contribution in [3.63, 3.8) is 0 Å². The molecule has 0 aliphatic carbocycles. The number of aryl methyl sites for hydroxylation is 1. The maximum absolute atomic E-state index is 5.82. The van der Waals surface area contributed by atoms with Gasteiger partial charge in [0.15, 0.2) is 5.82 Å². The monoisotopic (exact) mass is 287 g/mol. The lowest BCUT2D eigenvalue weighted by Crippen LogP contribution is -2.45. The van der Waals surface area contributed by atoms with Gasteiger partial charge >= 0.3 is 0 Å². The number of rotatable bonds is 4. The highest BCUT2D eigenvalue weighted by molar-refractivity contribution is 5.40. The van der Waals surface area contributed by atoms with E-state index < -0.39 is 0 Å². The van der Waals surface area contributed by atoms with E-state index in [2.05, 4.69) is 32.1 Å². The lowest BCUT2D eigenvalue weighted by Gasteiger charge is -2.34. The number of aromatic nitrogens is 2. The first kappa shape index (κ1) is 14.0. The number of piperazine rings is 1. The zero-order valence-electron chi connectivity index (χ0n) is 12.3. The van der Waals surface area contributed by atoms with Gasteiger partial charge in [-0.3, -0.25) is 9.80 Å². The third kappa shape index (κ3) is 3.80. The van der Waals surface area contributed by atoms with Crippen LogP contribution < -0.4 is 5.73 Å². The number of anilines is 1. The first-order chi connectivity index (χ1) is 10.2. The molecule has 0 unspecified atom stereocenters. The Morgan fingerprint density at radius 2 is 1.86 bits per heavy atom. The van der Waals surface area contributed by atoms with Gasteiger partial charge in [-0.1, -0.05) is 17.3 Å². The lowest BCUT2D eigenvalue weighted by molar-refractivity contribution is 0.119. The summed E-state index contributed by atoms with van der Waals surface area (Å²) < 4.78 is 5.01. The Labute approximate surface area is 124 Å². The van der Waals surface area contributed by atoms with Crippen LogP contribution in [0.4, 0.5) is 5.69 Å². The molecule has 1 aliphatic heterocycles. The molecule has 1 aromatic carbocycles. The molecule has 0 saturated carbocycles. The lowest BCUT2D eigenvalue weighted by atomic mass is 10.2. The fourth-order valence-corrected chi connectivity index (χ4v) is 2.66. The van der Waals surface area contributed by atoms with Crippen molar-refractivity contribution in [2.45, 2.75) is 20.0 Å². The fourth-order valence-electron chi connectivity index (χ4n) is 2.66. The van der Waals surface area contributed by atoms with Gasteiger partial charge in [0.05, 0.1) is 6.54 Å². The van der Waals surface area contributed by atoms with Crippen LogP contribution in [0.2, 0.25) is 0 Å². The van der Waals surface area contributed by atoms with Gasteiger partial charge < -0.3 is 10.3 Å². The molecular weight excluding hydrogens is 266 g/mol. The van der Waals surface area contributed by atoms with E-state index in [1.807, 2.05) is 19.1 Å². The molecule has 2 heterocycles. The van der Waals surface area contributed by atoms with Gasteiger partial charge in [-0.15, -0.1) is 0 Å². The predicted octanol–water partition coefficient (Wildman–Crippen LogP) is 1.28. The van der Waals surface area contributed by atoms with E-state index >= 15 is 0 Å². The van der Waals surface area contributed by atoms with Gasteiger partial charge in [0.1, 0.15) is 0 Å². The number of hydrogen-bond donors (Lipinski definition) is 1. The maximum atomic E-state index is 5.82. The molecule has 21 heavy (non-hydrogen) atoms. The molecule has 6 nitrogen and oxygen atoms in total. The molecule has 0 atom stereocenters. The van der Waals surface area contributed by atoms with Crippen molar-refractivity contribution < 1.29 is 4.52 Å². The standard InChI is InChI=1S/C15H21N5O/c1-12-17-15(18-21-12)11-20-7-5-19(6-8-20)10-13-3-2-4-14(16)9-13/h2-4,9H,5-8,10-11,16H2,1H3. The molecule has 0 spiro atoms. The summed E-state index contributed by atoms with van der Waals surface area (Å²) in [6.45, 7) is 7.69.